The van der Waals surface area contributed by atoms with E-state index in [2.05, 4.69) is 24.5 Å². The van der Waals surface area contributed by atoms with Crippen molar-refractivity contribution >= 4 is 11.6 Å². The monoisotopic (exact) mass is 278 g/mol. The summed E-state index contributed by atoms with van der Waals surface area (Å²) >= 11 is 0. The zero-order valence-corrected chi connectivity index (χ0v) is 13.1. The lowest BCUT2D eigenvalue weighted by atomic mass is 10.0. The quantitative estimate of drug-likeness (QED) is 0.806. The molecule has 0 aliphatic heterocycles. The molecule has 2 N–H and O–H groups in total. The first kappa shape index (κ1) is 16.5. The minimum absolute atomic E-state index is 0.0332. The third-order valence-corrected chi connectivity index (χ3v) is 3.38. The maximum absolute atomic E-state index is 12.4. The molecule has 1 unspecified atom stereocenters. The number of nitrogens with one attached hydrogen (secondary N) is 2. The number of carbonyl (C=O) groups is 1. The molecule has 1 rings (SSSR count). The van der Waals surface area contributed by atoms with Gasteiger partial charge in [0.05, 0.1) is 12.6 Å². The topological polar surface area (TPSA) is 50.4 Å². The number of hydrogen-bond acceptors (Lipinski definition) is 3. The van der Waals surface area contributed by atoms with Crippen molar-refractivity contribution in [1.82, 2.24) is 5.32 Å². The van der Waals surface area contributed by atoms with E-state index in [1.54, 1.807) is 0 Å². The van der Waals surface area contributed by atoms with Gasteiger partial charge in [-0.3, -0.25) is 4.79 Å². The molecular formula is C16H26N2O2. The Morgan fingerprint density at radius 2 is 2.05 bits per heavy atom. The van der Waals surface area contributed by atoms with E-state index in [1.807, 2.05) is 39.1 Å². The fourth-order valence-corrected chi connectivity index (χ4v) is 1.97. The van der Waals surface area contributed by atoms with E-state index < -0.39 is 0 Å². The molecular weight excluding hydrogens is 252 g/mol. The van der Waals surface area contributed by atoms with Gasteiger partial charge >= 0.3 is 0 Å². The maximum atomic E-state index is 12.4. The molecule has 0 radical (unpaired) electrons. The van der Waals surface area contributed by atoms with E-state index in [4.69, 9.17) is 4.74 Å². The predicted octanol–water partition coefficient (Wildman–Crippen LogP) is 2.83. The van der Waals surface area contributed by atoms with Crippen LogP contribution in [-0.4, -0.2) is 32.2 Å². The Bertz CT molecular complexity index is 444. The third kappa shape index (κ3) is 4.53. The van der Waals surface area contributed by atoms with Crippen LogP contribution < -0.4 is 10.6 Å². The van der Waals surface area contributed by atoms with Crippen molar-refractivity contribution in [2.45, 2.75) is 33.7 Å². The zero-order chi connectivity index (χ0) is 15.1. The van der Waals surface area contributed by atoms with Crippen molar-refractivity contribution in [3.8, 4) is 0 Å². The Hall–Kier alpha value is -1.55. The second-order valence-corrected chi connectivity index (χ2v) is 5.26. The molecule has 0 aliphatic rings. The molecule has 0 saturated heterocycles. The van der Waals surface area contributed by atoms with Crippen LogP contribution in [0, 0.1) is 12.8 Å². The lowest BCUT2D eigenvalue weighted by Gasteiger charge is -2.22. The summed E-state index contributed by atoms with van der Waals surface area (Å²) in [6.45, 7) is 9.28. The third-order valence-electron chi connectivity index (χ3n) is 3.38. The Balaban J connectivity index is 2.78. The van der Waals surface area contributed by atoms with Gasteiger partial charge in [0.25, 0.3) is 5.91 Å². The van der Waals surface area contributed by atoms with Crippen LogP contribution >= 0.6 is 0 Å². The van der Waals surface area contributed by atoms with Crippen molar-refractivity contribution in [2.24, 2.45) is 5.92 Å². The molecule has 0 saturated carbocycles. The van der Waals surface area contributed by atoms with E-state index >= 15 is 0 Å². The number of ether oxygens (including phenoxy) is 1. The Morgan fingerprint density at radius 3 is 2.55 bits per heavy atom. The Labute approximate surface area is 121 Å². The molecule has 0 bridgehead atoms. The Morgan fingerprint density at radius 1 is 1.35 bits per heavy atom. The van der Waals surface area contributed by atoms with Gasteiger partial charge in [-0.1, -0.05) is 13.8 Å². The van der Waals surface area contributed by atoms with Gasteiger partial charge < -0.3 is 15.4 Å². The van der Waals surface area contributed by atoms with Crippen LogP contribution in [0.3, 0.4) is 0 Å². The molecule has 1 amide bonds. The first-order chi connectivity index (χ1) is 9.49. The zero-order valence-electron chi connectivity index (χ0n) is 13.1. The smallest absolute Gasteiger partial charge is 0.251 e. The number of carbonyl (C=O) groups excluding carboxylic acids is 1. The van der Waals surface area contributed by atoms with Gasteiger partial charge in [-0.05, 0) is 43.5 Å². The van der Waals surface area contributed by atoms with Crippen LogP contribution in [0.4, 0.5) is 5.69 Å². The van der Waals surface area contributed by atoms with Crippen molar-refractivity contribution in [3.05, 3.63) is 29.3 Å². The van der Waals surface area contributed by atoms with Gasteiger partial charge in [0.2, 0.25) is 0 Å². The molecule has 4 heteroatoms. The standard InChI is InChI=1S/C16H26N2O2/c1-6-20-10-15(11(2)3)18-16(19)14-8-7-13(17-5)9-12(14)4/h7-9,11,15,17H,6,10H2,1-5H3,(H,18,19). The molecule has 0 aliphatic carbocycles. The lowest BCUT2D eigenvalue weighted by molar-refractivity contribution is 0.0805. The summed E-state index contributed by atoms with van der Waals surface area (Å²) in [6.07, 6.45) is 0. The number of rotatable bonds is 7. The van der Waals surface area contributed by atoms with Crippen molar-refractivity contribution in [2.75, 3.05) is 25.6 Å². The largest absolute Gasteiger partial charge is 0.388 e. The predicted molar refractivity (Wildman–Crippen MR) is 83.3 cm³/mol. The van der Waals surface area contributed by atoms with Gasteiger partial charge in [0.15, 0.2) is 0 Å². The minimum Gasteiger partial charge on any atom is -0.388 e. The van der Waals surface area contributed by atoms with Gasteiger partial charge in [-0.15, -0.1) is 0 Å². The highest BCUT2D eigenvalue weighted by Crippen LogP contribution is 2.15. The minimum atomic E-state index is -0.0384. The van der Waals surface area contributed by atoms with Crippen LogP contribution in [0.2, 0.25) is 0 Å². The molecule has 0 heterocycles. The molecule has 1 aromatic carbocycles. The van der Waals surface area contributed by atoms with Crippen LogP contribution in [0.5, 0.6) is 0 Å². The highest BCUT2D eigenvalue weighted by molar-refractivity contribution is 5.96. The van der Waals surface area contributed by atoms with E-state index in [9.17, 15) is 4.79 Å². The summed E-state index contributed by atoms with van der Waals surface area (Å²) in [4.78, 5) is 12.4. The summed E-state index contributed by atoms with van der Waals surface area (Å²) < 4.78 is 5.44. The number of anilines is 1. The fourth-order valence-electron chi connectivity index (χ4n) is 1.97. The highest BCUT2D eigenvalue weighted by Gasteiger charge is 2.18. The molecule has 112 valence electrons. The van der Waals surface area contributed by atoms with E-state index in [0.29, 0.717) is 24.7 Å². The maximum Gasteiger partial charge on any atom is 0.251 e. The second-order valence-electron chi connectivity index (χ2n) is 5.26. The first-order valence-corrected chi connectivity index (χ1v) is 7.16. The average Bonchev–Trinajstić information content (AvgIpc) is 2.42. The fraction of sp³-hybridized carbons (Fsp3) is 0.562. The molecule has 1 aromatic rings. The summed E-state index contributed by atoms with van der Waals surface area (Å²) in [5.41, 5.74) is 2.69. The molecule has 1 atom stereocenters. The summed E-state index contributed by atoms with van der Waals surface area (Å²) in [7, 11) is 1.87. The highest BCUT2D eigenvalue weighted by atomic mass is 16.5. The molecule has 20 heavy (non-hydrogen) atoms. The van der Waals surface area contributed by atoms with Crippen LogP contribution in [0.25, 0.3) is 0 Å². The normalized spacial score (nSPS) is 12.3. The SMILES string of the molecule is CCOCC(NC(=O)c1ccc(NC)cc1C)C(C)C. The average molecular weight is 278 g/mol. The lowest BCUT2D eigenvalue weighted by Crippen LogP contribution is -2.42. The summed E-state index contributed by atoms with van der Waals surface area (Å²) in [5, 5.41) is 6.13. The van der Waals surface area contributed by atoms with E-state index in [1.165, 1.54) is 0 Å². The Kier molecular flexibility index (Phi) is 6.52. The van der Waals surface area contributed by atoms with E-state index in [0.717, 1.165) is 11.3 Å². The molecule has 4 nitrogen and oxygen atoms in total. The van der Waals surface area contributed by atoms with Gasteiger partial charge in [-0.25, -0.2) is 0 Å². The summed E-state index contributed by atoms with van der Waals surface area (Å²) in [6, 6.07) is 5.77. The van der Waals surface area contributed by atoms with Crippen LogP contribution in [0.1, 0.15) is 36.7 Å². The number of amides is 1. The van der Waals surface area contributed by atoms with Gasteiger partial charge in [0, 0.05) is 24.9 Å². The number of benzene rings is 1. The van der Waals surface area contributed by atoms with Gasteiger partial charge in [-0.2, -0.15) is 0 Å². The molecule has 0 aromatic heterocycles. The molecule has 0 spiro atoms. The van der Waals surface area contributed by atoms with E-state index in [-0.39, 0.29) is 11.9 Å². The van der Waals surface area contributed by atoms with Crippen LogP contribution in [-0.2, 0) is 4.74 Å². The number of hydrogen-bond donors (Lipinski definition) is 2. The van der Waals surface area contributed by atoms with Crippen molar-refractivity contribution < 1.29 is 9.53 Å². The van der Waals surface area contributed by atoms with Crippen molar-refractivity contribution in [3.63, 3.8) is 0 Å². The van der Waals surface area contributed by atoms with Crippen LogP contribution in [0.15, 0.2) is 18.2 Å². The molecule has 0 fully saturated rings. The van der Waals surface area contributed by atoms with Gasteiger partial charge in [0.1, 0.15) is 0 Å². The van der Waals surface area contributed by atoms with Crippen molar-refractivity contribution in [1.29, 1.82) is 0 Å². The first-order valence-electron chi connectivity index (χ1n) is 7.16. The number of aryl methyl sites for hydroxylation is 1. The second kappa shape index (κ2) is 7.90. The summed E-state index contributed by atoms with van der Waals surface area (Å²) in [5.74, 6) is 0.297.